The van der Waals surface area contributed by atoms with Gasteiger partial charge < -0.3 is 10.3 Å². The molecule has 28 heavy (non-hydrogen) atoms. The first-order valence-corrected chi connectivity index (χ1v) is 8.76. The lowest BCUT2D eigenvalue weighted by Gasteiger charge is -2.07. The maximum atomic E-state index is 12.6. The first-order chi connectivity index (χ1) is 13.4. The quantitative estimate of drug-likeness (QED) is 0.561. The summed E-state index contributed by atoms with van der Waals surface area (Å²) in [6.07, 6.45) is 1.56. The third kappa shape index (κ3) is 2.77. The molecule has 0 bridgehead atoms. The molecule has 2 N–H and O–H groups in total. The Morgan fingerprint density at radius 2 is 2.00 bits per heavy atom. The van der Waals surface area contributed by atoms with Gasteiger partial charge in [-0.15, -0.1) is 0 Å². The van der Waals surface area contributed by atoms with Gasteiger partial charge in [0, 0.05) is 24.5 Å². The second-order valence-corrected chi connectivity index (χ2v) is 6.50. The van der Waals surface area contributed by atoms with Gasteiger partial charge in [0.15, 0.2) is 5.65 Å². The highest BCUT2D eigenvalue weighted by Crippen LogP contribution is 2.20. The molecule has 142 valence electrons. The molecule has 3 heterocycles. The van der Waals surface area contributed by atoms with Crippen molar-refractivity contribution in [3.05, 3.63) is 62.6 Å². The van der Waals surface area contributed by atoms with Crippen LogP contribution in [0.2, 0.25) is 0 Å². The van der Waals surface area contributed by atoms with E-state index in [-0.39, 0.29) is 18.0 Å². The fourth-order valence-electron chi connectivity index (χ4n) is 3.26. The van der Waals surface area contributed by atoms with E-state index in [1.165, 1.54) is 6.07 Å². The number of benzene rings is 1. The number of aromatic nitrogens is 5. The van der Waals surface area contributed by atoms with Crippen LogP contribution in [0.15, 0.2) is 40.1 Å². The van der Waals surface area contributed by atoms with Crippen molar-refractivity contribution in [1.29, 1.82) is 0 Å². The van der Waals surface area contributed by atoms with E-state index < -0.39 is 5.69 Å². The van der Waals surface area contributed by atoms with Crippen molar-refractivity contribution in [2.75, 3.05) is 5.32 Å². The van der Waals surface area contributed by atoms with Crippen LogP contribution in [-0.2, 0) is 13.6 Å². The van der Waals surface area contributed by atoms with Crippen molar-refractivity contribution in [1.82, 2.24) is 24.3 Å². The minimum absolute atomic E-state index is 0.273. The number of hydrogen-bond acceptors (Lipinski definition) is 5. The van der Waals surface area contributed by atoms with E-state index in [4.69, 9.17) is 0 Å². The molecule has 9 heteroatoms. The third-order valence-corrected chi connectivity index (χ3v) is 4.68. The number of hydrogen-bond donors (Lipinski definition) is 2. The first kappa shape index (κ1) is 17.7. The van der Waals surface area contributed by atoms with Crippen LogP contribution >= 0.6 is 0 Å². The average molecular weight is 378 g/mol. The van der Waals surface area contributed by atoms with Crippen molar-refractivity contribution < 1.29 is 4.79 Å². The highest BCUT2D eigenvalue weighted by molar-refractivity contribution is 6.06. The topological polar surface area (TPSA) is 115 Å². The summed E-state index contributed by atoms with van der Waals surface area (Å²) >= 11 is 0. The molecule has 4 aromatic rings. The number of nitrogens with zero attached hydrogens (tertiary/aromatic N) is 4. The average Bonchev–Trinajstić information content (AvgIpc) is 2.95. The molecule has 0 unspecified atom stereocenters. The van der Waals surface area contributed by atoms with E-state index in [1.807, 2.05) is 20.0 Å². The molecule has 0 spiro atoms. The van der Waals surface area contributed by atoms with Crippen molar-refractivity contribution in [2.45, 2.75) is 20.4 Å². The van der Waals surface area contributed by atoms with Crippen LogP contribution in [0.1, 0.15) is 23.0 Å². The molecule has 0 saturated heterocycles. The molecule has 1 amide bonds. The number of pyridine rings is 1. The Morgan fingerprint density at radius 3 is 2.75 bits per heavy atom. The molecule has 0 aliphatic carbocycles. The lowest BCUT2D eigenvalue weighted by atomic mass is 10.1. The Labute approximate surface area is 158 Å². The van der Waals surface area contributed by atoms with Gasteiger partial charge in [0.05, 0.1) is 28.5 Å². The number of carbonyl (C=O) groups excluding carboxylic acids is 1. The molecule has 0 saturated carbocycles. The normalized spacial score (nSPS) is 11.2. The highest BCUT2D eigenvalue weighted by Gasteiger charge is 2.13. The number of aryl methyl sites for hydroxylation is 2. The second-order valence-electron chi connectivity index (χ2n) is 6.50. The number of anilines is 1. The summed E-state index contributed by atoms with van der Waals surface area (Å²) in [7, 11) is 1.81. The second kappa shape index (κ2) is 6.45. The number of nitrogens with one attached hydrogen (secondary N) is 2. The van der Waals surface area contributed by atoms with Crippen LogP contribution in [0.3, 0.4) is 0 Å². The van der Waals surface area contributed by atoms with Gasteiger partial charge in [-0.2, -0.15) is 5.10 Å². The molecule has 0 radical (unpaired) electrons. The fraction of sp³-hybridized carbons (Fsp3) is 0.211. The third-order valence-electron chi connectivity index (χ3n) is 4.68. The number of fused-ring (bicyclic) bond motifs is 2. The van der Waals surface area contributed by atoms with E-state index in [0.717, 1.165) is 21.3 Å². The molecule has 0 aliphatic rings. The monoisotopic (exact) mass is 378 g/mol. The maximum absolute atomic E-state index is 12.6. The molecule has 1 aromatic carbocycles. The van der Waals surface area contributed by atoms with Crippen LogP contribution in [0.5, 0.6) is 0 Å². The van der Waals surface area contributed by atoms with E-state index in [0.29, 0.717) is 22.2 Å². The van der Waals surface area contributed by atoms with E-state index in [1.54, 1.807) is 29.9 Å². The Bertz CT molecular complexity index is 1360. The number of rotatable bonds is 3. The van der Waals surface area contributed by atoms with E-state index >= 15 is 0 Å². The summed E-state index contributed by atoms with van der Waals surface area (Å²) in [5, 5.41) is 8.30. The Hall–Kier alpha value is -3.75. The van der Waals surface area contributed by atoms with Gasteiger partial charge in [-0.05, 0) is 38.1 Å². The Balaban J connectivity index is 1.70. The lowest BCUT2D eigenvalue weighted by Crippen LogP contribution is -2.34. The standard InChI is InChI=1S/C19H18N6O3/c1-4-25-18(27)13-6-5-11(7-15(13)22-19(25)28)17(26)21-12-8-14-10(2)23-24(3)16(14)20-9-12/h5-9H,4H2,1-3H3,(H,21,26)(H,22,28). The number of carbonyl (C=O) groups is 1. The van der Waals surface area contributed by atoms with Gasteiger partial charge in [0.2, 0.25) is 0 Å². The fourth-order valence-corrected chi connectivity index (χ4v) is 3.26. The number of aromatic amines is 1. The molecule has 9 nitrogen and oxygen atoms in total. The zero-order chi connectivity index (χ0) is 20.0. The molecule has 0 atom stereocenters. The largest absolute Gasteiger partial charge is 0.328 e. The summed E-state index contributed by atoms with van der Waals surface area (Å²) in [6, 6.07) is 6.40. The summed E-state index contributed by atoms with van der Waals surface area (Å²) < 4.78 is 2.79. The predicted octanol–water partition coefficient (Wildman–Crippen LogP) is 1.55. The van der Waals surface area contributed by atoms with Crippen LogP contribution in [0.25, 0.3) is 21.9 Å². The number of H-pyrrole nitrogens is 1. The molecule has 0 fully saturated rings. The SMILES string of the molecule is CCn1c(=O)[nH]c2cc(C(=O)Nc3cnc4c(c3)c(C)nn4C)ccc2c1=O. The lowest BCUT2D eigenvalue weighted by molar-refractivity contribution is 0.102. The summed E-state index contributed by atoms with van der Waals surface area (Å²) in [4.78, 5) is 44.0. The van der Waals surface area contributed by atoms with Gasteiger partial charge in [-0.1, -0.05) is 0 Å². The minimum atomic E-state index is -0.501. The molecule has 0 aliphatic heterocycles. The predicted molar refractivity (Wildman–Crippen MR) is 106 cm³/mol. The van der Waals surface area contributed by atoms with E-state index in [9.17, 15) is 14.4 Å². The highest BCUT2D eigenvalue weighted by atomic mass is 16.2. The summed E-state index contributed by atoms with van der Waals surface area (Å²) in [6.45, 7) is 3.87. The first-order valence-electron chi connectivity index (χ1n) is 8.76. The molecule has 3 aromatic heterocycles. The van der Waals surface area contributed by atoms with Gasteiger partial charge in [0.1, 0.15) is 0 Å². The van der Waals surface area contributed by atoms with Crippen molar-refractivity contribution in [3.8, 4) is 0 Å². The molecular formula is C19H18N6O3. The van der Waals surface area contributed by atoms with Crippen molar-refractivity contribution in [3.63, 3.8) is 0 Å². The van der Waals surface area contributed by atoms with Gasteiger partial charge in [-0.3, -0.25) is 18.8 Å². The van der Waals surface area contributed by atoms with Gasteiger partial charge >= 0.3 is 5.69 Å². The van der Waals surface area contributed by atoms with Gasteiger partial charge in [0.25, 0.3) is 11.5 Å². The smallest absolute Gasteiger partial charge is 0.321 e. The Morgan fingerprint density at radius 1 is 1.21 bits per heavy atom. The van der Waals surface area contributed by atoms with E-state index in [2.05, 4.69) is 20.4 Å². The van der Waals surface area contributed by atoms with Crippen LogP contribution < -0.4 is 16.6 Å². The van der Waals surface area contributed by atoms with Crippen molar-refractivity contribution >= 4 is 33.5 Å². The van der Waals surface area contributed by atoms with Crippen LogP contribution in [0.4, 0.5) is 5.69 Å². The van der Waals surface area contributed by atoms with Crippen molar-refractivity contribution in [2.24, 2.45) is 7.05 Å². The zero-order valence-corrected chi connectivity index (χ0v) is 15.6. The minimum Gasteiger partial charge on any atom is -0.321 e. The summed E-state index contributed by atoms with van der Waals surface area (Å²) in [5.74, 6) is -0.370. The summed E-state index contributed by atoms with van der Waals surface area (Å²) in [5.41, 5.74) is 1.84. The van der Waals surface area contributed by atoms with Crippen LogP contribution in [0, 0.1) is 6.92 Å². The number of amides is 1. The zero-order valence-electron chi connectivity index (χ0n) is 15.6. The molecular weight excluding hydrogens is 360 g/mol. The van der Waals surface area contributed by atoms with Gasteiger partial charge in [-0.25, -0.2) is 9.78 Å². The van der Waals surface area contributed by atoms with Crippen LogP contribution in [-0.4, -0.2) is 30.2 Å². The maximum Gasteiger partial charge on any atom is 0.328 e. The Kier molecular flexibility index (Phi) is 4.07. The molecule has 4 rings (SSSR count).